The average Bonchev–Trinajstić information content (AvgIpc) is 2.33. The number of amides is 2. The molecule has 2 unspecified atom stereocenters. The minimum Gasteiger partial charge on any atom is -0.479 e. The van der Waals surface area contributed by atoms with Crippen LogP contribution in [0.2, 0.25) is 0 Å². The molecule has 7 nitrogen and oxygen atoms in total. The fraction of sp³-hybridized carbons (Fsp3) is 0.400. The van der Waals surface area contributed by atoms with Crippen molar-refractivity contribution in [2.75, 3.05) is 0 Å². The highest BCUT2D eigenvalue weighted by Crippen LogP contribution is 2.39. The third kappa shape index (κ3) is 1.78. The molecular formula is C10H10N2O5S. The maximum absolute atomic E-state index is 11.8. The number of rotatable bonds is 3. The molecule has 2 aliphatic rings. The van der Waals surface area contributed by atoms with Crippen LogP contribution in [0, 0.1) is 0 Å². The van der Waals surface area contributed by atoms with Gasteiger partial charge in [-0.1, -0.05) is 0 Å². The summed E-state index contributed by atoms with van der Waals surface area (Å²) in [7, 11) is 0. The van der Waals surface area contributed by atoms with E-state index < -0.39 is 29.3 Å². The predicted octanol–water partition coefficient (Wildman–Crippen LogP) is -1.06. The summed E-state index contributed by atoms with van der Waals surface area (Å²) in [5.74, 6) is -2.10. The first-order valence-corrected chi connectivity index (χ1v) is 6.04. The first kappa shape index (κ1) is 12.6. The Bertz CT molecular complexity index is 475. The van der Waals surface area contributed by atoms with Crippen molar-refractivity contribution in [3.63, 3.8) is 0 Å². The first-order chi connectivity index (χ1) is 8.47. The third-order valence-corrected chi connectivity index (χ3v) is 3.93. The molecule has 0 bridgehead atoms. The number of nitrogens with one attached hydrogen (secondary N) is 1. The third-order valence-electron chi connectivity index (χ3n) is 2.75. The zero-order chi connectivity index (χ0) is 13.4. The molecular weight excluding hydrogens is 260 g/mol. The van der Waals surface area contributed by atoms with Gasteiger partial charge in [0.1, 0.15) is 17.7 Å². The number of β-lactam (4-membered cyclic amide) rings is 1. The largest absolute Gasteiger partial charge is 0.479 e. The van der Waals surface area contributed by atoms with Gasteiger partial charge in [0.05, 0.1) is 0 Å². The SMILES string of the molecule is CC(=O)NC1C(=O)N2C(C(=O)O)C(C=O)=CS[C@@H]12. The number of carbonyl (C=O) groups is 4. The summed E-state index contributed by atoms with van der Waals surface area (Å²) in [5.41, 5.74) is 0.0402. The minimum atomic E-state index is -1.26. The fourth-order valence-electron chi connectivity index (χ4n) is 1.98. The maximum atomic E-state index is 11.8. The van der Waals surface area contributed by atoms with Crippen molar-refractivity contribution in [2.45, 2.75) is 24.4 Å². The quantitative estimate of drug-likeness (QED) is 0.500. The van der Waals surface area contributed by atoms with E-state index in [1.807, 2.05) is 0 Å². The van der Waals surface area contributed by atoms with Gasteiger partial charge in [-0.15, -0.1) is 11.8 Å². The zero-order valence-corrected chi connectivity index (χ0v) is 10.1. The first-order valence-electron chi connectivity index (χ1n) is 5.10. The number of hydrogen-bond acceptors (Lipinski definition) is 5. The molecule has 0 radical (unpaired) electrons. The number of aldehydes is 1. The van der Waals surface area contributed by atoms with Crippen molar-refractivity contribution in [1.29, 1.82) is 0 Å². The number of carbonyl (C=O) groups excluding carboxylic acids is 3. The zero-order valence-electron chi connectivity index (χ0n) is 9.32. The van der Waals surface area contributed by atoms with Crippen LogP contribution in [0.3, 0.4) is 0 Å². The number of fused-ring (bicyclic) bond motifs is 1. The molecule has 3 atom stereocenters. The summed E-state index contributed by atoms with van der Waals surface area (Å²) in [4.78, 5) is 45.7. The lowest BCUT2D eigenvalue weighted by Crippen LogP contribution is -2.73. The van der Waals surface area contributed by atoms with Gasteiger partial charge >= 0.3 is 5.97 Å². The lowest BCUT2D eigenvalue weighted by Gasteiger charge is -2.50. The molecule has 2 amide bonds. The van der Waals surface area contributed by atoms with Crippen LogP contribution in [-0.4, -0.2) is 51.5 Å². The molecule has 2 rings (SSSR count). The van der Waals surface area contributed by atoms with Crippen LogP contribution >= 0.6 is 11.8 Å². The second kappa shape index (κ2) is 4.45. The van der Waals surface area contributed by atoms with Crippen LogP contribution in [-0.2, 0) is 19.2 Å². The van der Waals surface area contributed by atoms with Crippen molar-refractivity contribution in [2.24, 2.45) is 0 Å². The summed E-state index contributed by atoms with van der Waals surface area (Å²) in [6.45, 7) is 1.28. The minimum absolute atomic E-state index is 0.0402. The van der Waals surface area contributed by atoms with Gasteiger partial charge in [0.2, 0.25) is 11.8 Å². The molecule has 96 valence electrons. The molecule has 0 spiro atoms. The van der Waals surface area contributed by atoms with Gasteiger partial charge in [-0.2, -0.15) is 0 Å². The fourth-order valence-corrected chi connectivity index (χ4v) is 3.16. The Morgan fingerprint density at radius 2 is 2.22 bits per heavy atom. The molecule has 0 saturated carbocycles. The van der Waals surface area contributed by atoms with Crippen LogP contribution in [0.4, 0.5) is 0 Å². The Balaban J connectivity index is 2.25. The van der Waals surface area contributed by atoms with Crippen LogP contribution in [0.25, 0.3) is 0 Å². The Morgan fingerprint density at radius 1 is 1.56 bits per heavy atom. The average molecular weight is 270 g/mol. The molecule has 0 aromatic carbocycles. The number of carboxylic acids is 1. The molecule has 2 aliphatic heterocycles. The number of carboxylic acid groups (broad SMARTS) is 1. The molecule has 2 N–H and O–H groups in total. The summed E-state index contributed by atoms with van der Waals surface area (Å²) in [6, 6.07) is -1.98. The van der Waals surface area contributed by atoms with E-state index in [2.05, 4.69) is 5.32 Å². The van der Waals surface area contributed by atoms with E-state index in [0.29, 0.717) is 6.29 Å². The lowest BCUT2D eigenvalue weighted by atomic mass is 9.99. The van der Waals surface area contributed by atoms with Gasteiger partial charge < -0.3 is 15.3 Å². The number of nitrogens with zero attached hydrogens (tertiary/aromatic N) is 1. The maximum Gasteiger partial charge on any atom is 0.331 e. The molecule has 18 heavy (non-hydrogen) atoms. The Labute approximate surface area is 106 Å². The molecule has 2 heterocycles. The van der Waals surface area contributed by atoms with E-state index in [9.17, 15) is 19.2 Å². The molecule has 1 fully saturated rings. The van der Waals surface area contributed by atoms with E-state index >= 15 is 0 Å². The highest BCUT2D eigenvalue weighted by molar-refractivity contribution is 8.03. The number of thioether (sulfide) groups is 1. The van der Waals surface area contributed by atoms with Crippen molar-refractivity contribution in [3.05, 3.63) is 11.0 Å². The van der Waals surface area contributed by atoms with E-state index in [1.54, 1.807) is 0 Å². The molecule has 0 aromatic heterocycles. The highest BCUT2D eigenvalue weighted by atomic mass is 32.2. The van der Waals surface area contributed by atoms with Gasteiger partial charge in [0, 0.05) is 12.5 Å². The predicted molar refractivity (Wildman–Crippen MR) is 61.4 cm³/mol. The van der Waals surface area contributed by atoms with Crippen LogP contribution in [0.15, 0.2) is 11.0 Å². The van der Waals surface area contributed by atoms with Gasteiger partial charge in [-0.05, 0) is 5.41 Å². The van der Waals surface area contributed by atoms with Crippen molar-refractivity contribution in [1.82, 2.24) is 10.2 Å². The summed E-state index contributed by atoms with van der Waals surface area (Å²) in [5, 5.41) is 12.5. The Morgan fingerprint density at radius 3 is 2.72 bits per heavy atom. The van der Waals surface area contributed by atoms with E-state index in [0.717, 1.165) is 16.7 Å². The van der Waals surface area contributed by atoms with Crippen molar-refractivity contribution >= 4 is 35.8 Å². The van der Waals surface area contributed by atoms with E-state index in [1.165, 1.54) is 12.3 Å². The second-order valence-corrected chi connectivity index (χ2v) is 4.92. The van der Waals surface area contributed by atoms with Crippen LogP contribution < -0.4 is 5.32 Å². The smallest absolute Gasteiger partial charge is 0.331 e. The van der Waals surface area contributed by atoms with Gasteiger partial charge in [0.15, 0.2) is 6.04 Å². The second-order valence-electron chi connectivity index (χ2n) is 3.93. The van der Waals surface area contributed by atoms with Crippen molar-refractivity contribution in [3.8, 4) is 0 Å². The molecule has 0 aromatic rings. The van der Waals surface area contributed by atoms with Gasteiger partial charge in [0.25, 0.3) is 0 Å². The molecule has 1 saturated heterocycles. The van der Waals surface area contributed by atoms with Crippen LogP contribution in [0.5, 0.6) is 0 Å². The lowest BCUT2D eigenvalue weighted by molar-refractivity contribution is -0.160. The Kier molecular flexibility index (Phi) is 3.12. The van der Waals surface area contributed by atoms with E-state index in [4.69, 9.17) is 5.11 Å². The topological polar surface area (TPSA) is 104 Å². The summed E-state index contributed by atoms with van der Waals surface area (Å²) >= 11 is 1.15. The van der Waals surface area contributed by atoms with Crippen molar-refractivity contribution < 1.29 is 24.3 Å². The van der Waals surface area contributed by atoms with Gasteiger partial charge in [-0.3, -0.25) is 14.4 Å². The standard InChI is InChI=1S/C10H10N2O5S/c1-4(14)11-6-8(15)12-7(10(16)17)5(2-13)3-18-9(6)12/h2-3,6-7,9H,1H3,(H,11,14)(H,16,17)/t6?,7?,9-/m0/s1. The van der Waals surface area contributed by atoms with Gasteiger partial charge in [-0.25, -0.2) is 4.79 Å². The van der Waals surface area contributed by atoms with E-state index in [-0.39, 0.29) is 11.5 Å². The monoisotopic (exact) mass is 270 g/mol. The molecule has 0 aliphatic carbocycles. The molecule has 8 heteroatoms. The summed E-state index contributed by atoms with van der Waals surface area (Å²) in [6.07, 6.45) is 0.432. The Hall–Kier alpha value is -1.83. The number of hydrogen-bond donors (Lipinski definition) is 2. The summed E-state index contributed by atoms with van der Waals surface area (Å²) < 4.78 is 0. The highest BCUT2D eigenvalue weighted by Gasteiger charge is 2.55. The van der Waals surface area contributed by atoms with Crippen LogP contribution in [0.1, 0.15) is 6.92 Å². The number of aliphatic carboxylic acids is 1. The normalized spacial score (nSPS) is 29.8.